The number of amides is 1. The largest absolute Gasteiger partial charge is 0.435 e. The standard InChI is InChI=1S/C14H16ClF2NO2/c1-9-5-6-18(8-12(9)15)13(19)10-3-2-4-11(7-10)20-14(16)17/h2-4,7,9,12,14H,5-6,8H2,1H3. The molecule has 2 rings (SSSR count). The molecule has 0 radical (unpaired) electrons. The molecule has 1 aliphatic heterocycles. The van der Waals surface area contributed by atoms with Crippen LogP contribution >= 0.6 is 11.6 Å². The van der Waals surface area contributed by atoms with Crippen LogP contribution < -0.4 is 4.74 Å². The number of nitrogens with zero attached hydrogens (tertiary/aromatic N) is 1. The number of halogens is 3. The molecule has 1 aromatic carbocycles. The Labute approximate surface area is 121 Å². The molecule has 1 heterocycles. The summed E-state index contributed by atoms with van der Waals surface area (Å²) >= 11 is 6.18. The summed E-state index contributed by atoms with van der Waals surface area (Å²) < 4.78 is 28.6. The highest BCUT2D eigenvalue weighted by Gasteiger charge is 2.28. The lowest BCUT2D eigenvalue weighted by Gasteiger charge is -2.34. The Hall–Kier alpha value is -1.36. The van der Waals surface area contributed by atoms with Crippen LogP contribution in [0.2, 0.25) is 0 Å². The van der Waals surface area contributed by atoms with Gasteiger partial charge in [0.2, 0.25) is 0 Å². The summed E-state index contributed by atoms with van der Waals surface area (Å²) in [6.07, 6.45) is 0.840. The van der Waals surface area contributed by atoms with E-state index in [1.165, 1.54) is 18.2 Å². The SMILES string of the molecule is CC1CCN(C(=O)c2cccc(OC(F)F)c2)CC1Cl. The second-order valence-electron chi connectivity index (χ2n) is 4.94. The summed E-state index contributed by atoms with van der Waals surface area (Å²) in [4.78, 5) is 14.0. The number of alkyl halides is 3. The third-order valence-electron chi connectivity index (χ3n) is 3.46. The Balaban J connectivity index is 2.09. The van der Waals surface area contributed by atoms with E-state index in [9.17, 15) is 13.6 Å². The van der Waals surface area contributed by atoms with E-state index < -0.39 is 6.61 Å². The summed E-state index contributed by atoms with van der Waals surface area (Å²) in [7, 11) is 0. The highest BCUT2D eigenvalue weighted by Crippen LogP contribution is 2.24. The van der Waals surface area contributed by atoms with Gasteiger partial charge in [0.25, 0.3) is 5.91 Å². The lowest BCUT2D eigenvalue weighted by molar-refractivity contribution is -0.0499. The molecule has 1 amide bonds. The predicted molar refractivity (Wildman–Crippen MR) is 72.4 cm³/mol. The average Bonchev–Trinajstić information content (AvgIpc) is 2.40. The van der Waals surface area contributed by atoms with Crippen LogP contribution in [0.4, 0.5) is 8.78 Å². The summed E-state index contributed by atoms with van der Waals surface area (Å²) in [5, 5.41) is -0.0757. The number of carbonyl (C=O) groups is 1. The fourth-order valence-electron chi connectivity index (χ4n) is 2.19. The molecule has 2 atom stereocenters. The van der Waals surface area contributed by atoms with Crippen molar-refractivity contribution in [2.45, 2.75) is 25.3 Å². The van der Waals surface area contributed by atoms with Crippen LogP contribution in [0.15, 0.2) is 24.3 Å². The zero-order chi connectivity index (χ0) is 14.7. The quantitative estimate of drug-likeness (QED) is 0.801. The first-order valence-corrected chi connectivity index (χ1v) is 6.89. The fourth-order valence-corrected chi connectivity index (χ4v) is 2.49. The Morgan fingerprint density at radius 2 is 2.25 bits per heavy atom. The van der Waals surface area contributed by atoms with Gasteiger partial charge in [-0.15, -0.1) is 11.6 Å². The summed E-state index contributed by atoms with van der Waals surface area (Å²) in [6, 6.07) is 5.83. The normalized spacial score (nSPS) is 22.9. The van der Waals surface area contributed by atoms with Crippen molar-refractivity contribution in [1.82, 2.24) is 4.90 Å². The molecule has 1 aromatic rings. The second-order valence-corrected chi connectivity index (χ2v) is 5.50. The van der Waals surface area contributed by atoms with Crippen molar-refractivity contribution in [3.63, 3.8) is 0 Å². The molecule has 1 saturated heterocycles. The average molecular weight is 304 g/mol. The third kappa shape index (κ3) is 3.60. The van der Waals surface area contributed by atoms with E-state index in [-0.39, 0.29) is 17.0 Å². The van der Waals surface area contributed by atoms with E-state index in [1.54, 1.807) is 11.0 Å². The van der Waals surface area contributed by atoms with Gasteiger partial charge in [-0.2, -0.15) is 8.78 Å². The first-order chi connectivity index (χ1) is 9.47. The molecule has 3 nitrogen and oxygen atoms in total. The Bertz CT molecular complexity index is 484. The van der Waals surface area contributed by atoms with E-state index in [1.807, 2.05) is 0 Å². The van der Waals surface area contributed by atoms with Crippen LogP contribution in [0, 0.1) is 5.92 Å². The molecule has 0 saturated carbocycles. The van der Waals surface area contributed by atoms with Crippen LogP contribution in [0.25, 0.3) is 0 Å². The molecule has 1 fully saturated rings. The number of hydrogen-bond acceptors (Lipinski definition) is 2. The summed E-state index contributed by atoms with van der Waals surface area (Å²) in [6.45, 7) is 0.254. The van der Waals surface area contributed by atoms with E-state index in [4.69, 9.17) is 11.6 Å². The first-order valence-electron chi connectivity index (χ1n) is 6.45. The van der Waals surface area contributed by atoms with Crippen LogP contribution in [0.1, 0.15) is 23.7 Å². The van der Waals surface area contributed by atoms with E-state index in [0.29, 0.717) is 24.6 Å². The molecule has 110 valence electrons. The minimum Gasteiger partial charge on any atom is -0.435 e. The summed E-state index contributed by atoms with van der Waals surface area (Å²) in [5.41, 5.74) is 0.335. The second kappa shape index (κ2) is 6.39. The maximum absolute atomic E-state index is 12.3. The third-order valence-corrected chi connectivity index (χ3v) is 4.03. The van der Waals surface area contributed by atoms with Crippen molar-refractivity contribution in [2.24, 2.45) is 5.92 Å². The lowest BCUT2D eigenvalue weighted by Crippen LogP contribution is -2.43. The molecule has 0 bridgehead atoms. The van der Waals surface area contributed by atoms with Crippen LogP contribution in [0.5, 0.6) is 5.75 Å². The minimum absolute atomic E-state index is 0.0151. The highest BCUT2D eigenvalue weighted by molar-refractivity contribution is 6.21. The topological polar surface area (TPSA) is 29.5 Å². The number of carbonyl (C=O) groups excluding carboxylic acids is 1. The number of rotatable bonds is 3. The molecule has 6 heteroatoms. The van der Waals surface area contributed by atoms with Gasteiger partial charge >= 0.3 is 6.61 Å². The van der Waals surface area contributed by atoms with Crippen molar-refractivity contribution in [3.05, 3.63) is 29.8 Å². The molecular weight excluding hydrogens is 288 g/mol. The van der Waals surface area contributed by atoms with E-state index in [2.05, 4.69) is 11.7 Å². The predicted octanol–water partition coefficient (Wildman–Crippen LogP) is 3.38. The van der Waals surface area contributed by atoms with Gasteiger partial charge in [0.1, 0.15) is 5.75 Å². The van der Waals surface area contributed by atoms with Crippen molar-refractivity contribution in [1.29, 1.82) is 0 Å². The zero-order valence-corrected chi connectivity index (χ0v) is 11.8. The lowest BCUT2D eigenvalue weighted by atomic mass is 9.98. The molecular formula is C14H16ClF2NO2. The molecule has 0 aliphatic carbocycles. The van der Waals surface area contributed by atoms with Crippen molar-refractivity contribution in [2.75, 3.05) is 13.1 Å². The molecule has 2 unspecified atom stereocenters. The van der Waals surface area contributed by atoms with Gasteiger partial charge in [0, 0.05) is 18.7 Å². The van der Waals surface area contributed by atoms with Crippen LogP contribution in [-0.4, -0.2) is 35.9 Å². The smallest absolute Gasteiger partial charge is 0.387 e. The van der Waals surface area contributed by atoms with Crippen molar-refractivity contribution in [3.8, 4) is 5.75 Å². The molecule has 0 N–H and O–H groups in total. The van der Waals surface area contributed by atoms with Crippen LogP contribution in [-0.2, 0) is 0 Å². The van der Waals surface area contributed by atoms with E-state index in [0.717, 1.165) is 6.42 Å². The molecule has 20 heavy (non-hydrogen) atoms. The van der Waals surface area contributed by atoms with E-state index >= 15 is 0 Å². The maximum atomic E-state index is 12.3. The van der Waals surface area contributed by atoms with Gasteiger partial charge in [0.15, 0.2) is 0 Å². The summed E-state index contributed by atoms with van der Waals surface area (Å²) in [5.74, 6) is 0.148. The Morgan fingerprint density at radius 3 is 2.90 bits per heavy atom. The maximum Gasteiger partial charge on any atom is 0.387 e. The highest BCUT2D eigenvalue weighted by atomic mass is 35.5. The van der Waals surface area contributed by atoms with Gasteiger partial charge in [-0.1, -0.05) is 13.0 Å². The fraction of sp³-hybridized carbons (Fsp3) is 0.500. The van der Waals surface area contributed by atoms with Crippen LogP contribution in [0.3, 0.4) is 0 Å². The Morgan fingerprint density at radius 1 is 1.50 bits per heavy atom. The monoisotopic (exact) mass is 303 g/mol. The number of piperidine rings is 1. The molecule has 1 aliphatic rings. The van der Waals surface area contributed by atoms with Gasteiger partial charge in [-0.25, -0.2) is 0 Å². The van der Waals surface area contributed by atoms with Gasteiger partial charge in [0.05, 0.1) is 5.38 Å². The van der Waals surface area contributed by atoms with Gasteiger partial charge in [-0.05, 0) is 30.5 Å². The minimum atomic E-state index is -2.90. The number of ether oxygens (including phenoxy) is 1. The Kier molecular flexibility index (Phi) is 4.81. The molecule has 0 aromatic heterocycles. The zero-order valence-electron chi connectivity index (χ0n) is 11.1. The van der Waals surface area contributed by atoms with Gasteiger partial charge in [-0.3, -0.25) is 4.79 Å². The first kappa shape index (κ1) is 15.0. The number of benzene rings is 1. The van der Waals surface area contributed by atoms with Crippen molar-refractivity contribution < 1.29 is 18.3 Å². The number of hydrogen-bond donors (Lipinski definition) is 0. The van der Waals surface area contributed by atoms with Crippen molar-refractivity contribution >= 4 is 17.5 Å². The molecule has 0 spiro atoms. The number of likely N-dealkylation sites (tertiary alicyclic amines) is 1. The van der Waals surface area contributed by atoms with Gasteiger partial charge < -0.3 is 9.64 Å².